The summed E-state index contributed by atoms with van der Waals surface area (Å²) in [6.45, 7) is 1.11. The molecule has 0 saturated heterocycles. The highest BCUT2D eigenvalue weighted by molar-refractivity contribution is 7.98. The van der Waals surface area contributed by atoms with Crippen molar-refractivity contribution in [1.29, 1.82) is 0 Å². The molecular formula is C28H33NO5S. The van der Waals surface area contributed by atoms with Crippen LogP contribution in [0.3, 0.4) is 0 Å². The highest BCUT2D eigenvalue weighted by atomic mass is 32.2. The maximum atomic E-state index is 12.7. The predicted molar refractivity (Wildman–Crippen MR) is 136 cm³/mol. The van der Waals surface area contributed by atoms with Crippen molar-refractivity contribution >= 4 is 29.6 Å². The Morgan fingerprint density at radius 1 is 1.00 bits per heavy atom. The number of aliphatic carboxylic acids is 1. The molecule has 0 unspecified atom stereocenters. The van der Waals surface area contributed by atoms with E-state index < -0.39 is 5.97 Å². The van der Waals surface area contributed by atoms with Gasteiger partial charge in [0.15, 0.2) is 0 Å². The summed E-state index contributed by atoms with van der Waals surface area (Å²) in [5.41, 5.74) is 4.36. The first-order valence-corrected chi connectivity index (χ1v) is 13.5. The number of carboxylic acids is 1. The van der Waals surface area contributed by atoms with Crippen molar-refractivity contribution in [3.8, 4) is 0 Å². The minimum atomic E-state index is -0.758. The van der Waals surface area contributed by atoms with Crippen LogP contribution in [-0.2, 0) is 40.1 Å². The quantitative estimate of drug-likeness (QED) is 0.501. The smallest absolute Gasteiger partial charge is 0.410 e. The third kappa shape index (κ3) is 7.10. The normalized spacial score (nSPS) is 19.6. The fourth-order valence-electron chi connectivity index (χ4n) is 5.09. The van der Waals surface area contributed by atoms with E-state index in [2.05, 4.69) is 12.1 Å². The number of carbonyl (C=O) groups excluding carboxylic acids is 2. The Bertz CT molecular complexity index is 1080. The van der Waals surface area contributed by atoms with Gasteiger partial charge in [-0.25, -0.2) is 4.79 Å². The van der Waals surface area contributed by atoms with Crippen LogP contribution in [-0.4, -0.2) is 46.8 Å². The van der Waals surface area contributed by atoms with E-state index >= 15 is 0 Å². The Hall–Kier alpha value is -2.80. The van der Waals surface area contributed by atoms with Gasteiger partial charge in [0, 0.05) is 37.2 Å². The Labute approximate surface area is 211 Å². The molecule has 2 aromatic rings. The summed E-state index contributed by atoms with van der Waals surface area (Å²) in [4.78, 5) is 39.2. The van der Waals surface area contributed by atoms with Gasteiger partial charge in [0.25, 0.3) is 0 Å². The van der Waals surface area contributed by atoms with Crippen molar-refractivity contribution in [1.82, 2.24) is 4.90 Å². The van der Waals surface area contributed by atoms with E-state index in [0.29, 0.717) is 25.9 Å². The lowest BCUT2D eigenvalue weighted by atomic mass is 9.85. The average Bonchev–Trinajstić information content (AvgIpc) is 2.84. The first-order chi connectivity index (χ1) is 16.9. The Morgan fingerprint density at radius 3 is 2.46 bits per heavy atom. The molecule has 1 N–H and O–H groups in total. The monoisotopic (exact) mass is 495 g/mol. The second kappa shape index (κ2) is 11.8. The number of fused-ring (bicyclic) bond motifs is 1. The van der Waals surface area contributed by atoms with Crippen molar-refractivity contribution in [2.45, 2.75) is 68.9 Å². The number of hydrogen-bond donors (Lipinski definition) is 1. The molecule has 2 aliphatic rings. The number of thioether (sulfide) groups is 1. The summed E-state index contributed by atoms with van der Waals surface area (Å²) in [5, 5.41) is 8.96. The van der Waals surface area contributed by atoms with Gasteiger partial charge >= 0.3 is 12.1 Å². The molecule has 4 rings (SSSR count). The van der Waals surface area contributed by atoms with E-state index in [0.717, 1.165) is 53.7 Å². The number of carbonyl (C=O) groups is 3. The molecule has 1 aliphatic heterocycles. The largest absolute Gasteiger partial charge is 0.481 e. The number of Topliss-reactive ketones (excluding diaryl/α,β-unsaturated/α-hetero) is 1. The lowest BCUT2D eigenvalue weighted by Crippen LogP contribution is -2.39. The minimum Gasteiger partial charge on any atom is -0.481 e. The molecule has 0 aromatic heterocycles. The van der Waals surface area contributed by atoms with Crippen molar-refractivity contribution in [2.24, 2.45) is 5.92 Å². The summed E-state index contributed by atoms with van der Waals surface area (Å²) in [7, 11) is 0. The van der Waals surface area contributed by atoms with Gasteiger partial charge in [0.1, 0.15) is 11.9 Å². The molecule has 7 heteroatoms. The molecule has 0 spiro atoms. The fourth-order valence-corrected chi connectivity index (χ4v) is 5.57. The Morgan fingerprint density at radius 2 is 1.74 bits per heavy atom. The van der Waals surface area contributed by atoms with Gasteiger partial charge in [-0.05, 0) is 78.7 Å². The van der Waals surface area contributed by atoms with E-state index in [4.69, 9.17) is 9.84 Å². The maximum Gasteiger partial charge on any atom is 0.410 e. The number of nitrogens with zero attached hydrogens (tertiary/aromatic N) is 1. The second-order valence-corrected chi connectivity index (χ2v) is 10.5. The summed E-state index contributed by atoms with van der Waals surface area (Å²) in [5.74, 6) is -0.376. The molecular weight excluding hydrogens is 462 g/mol. The number of ketones is 1. The molecule has 1 heterocycles. The first-order valence-electron chi connectivity index (χ1n) is 12.3. The number of carboxylic acid groups (broad SMARTS) is 1. The molecule has 1 amide bonds. The molecule has 6 nitrogen and oxygen atoms in total. The van der Waals surface area contributed by atoms with Crippen LogP contribution in [0.25, 0.3) is 0 Å². The van der Waals surface area contributed by atoms with Crippen LogP contribution in [0.15, 0.2) is 47.4 Å². The van der Waals surface area contributed by atoms with Gasteiger partial charge in [-0.15, -0.1) is 11.8 Å². The number of amides is 1. The molecule has 2 aromatic carbocycles. The van der Waals surface area contributed by atoms with Gasteiger partial charge in [-0.1, -0.05) is 30.3 Å². The number of hydrogen-bond acceptors (Lipinski definition) is 5. The third-order valence-corrected chi connectivity index (χ3v) is 7.73. The Balaban J connectivity index is 1.27. The molecule has 0 bridgehead atoms. The highest BCUT2D eigenvalue weighted by Crippen LogP contribution is 2.29. The van der Waals surface area contributed by atoms with Crippen LogP contribution >= 0.6 is 11.8 Å². The summed E-state index contributed by atoms with van der Waals surface area (Å²) in [6, 6.07) is 14.3. The van der Waals surface area contributed by atoms with Crippen molar-refractivity contribution < 1.29 is 24.2 Å². The lowest BCUT2D eigenvalue weighted by molar-refractivity contribution is -0.138. The number of rotatable bonds is 8. The van der Waals surface area contributed by atoms with Gasteiger partial charge in [-0.3, -0.25) is 9.59 Å². The summed E-state index contributed by atoms with van der Waals surface area (Å²) in [6.07, 6.45) is 6.44. The zero-order chi connectivity index (χ0) is 24.8. The zero-order valence-corrected chi connectivity index (χ0v) is 21.0. The Kier molecular flexibility index (Phi) is 8.50. The first kappa shape index (κ1) is 25.3. The van der Waals surface area contributed by atoms with Crippen LogP contribution in [0, 0.1) is 5.92 Å². The van der Waals surface area contributed by atoms with Gasteiger partial charge < -0.3 is 14.7 Å². The molecule has 1 fully saturated rings. The number of benzene rings is 2. The summed E-state index contributed by atoms with van der Waals surface area (Å²) >= 11 is 1.68. The molecule has 1 saturated carbocycles. The van der Waals surface area contributed by atoms with Crippen LogP contribution in [0.2, 0.25) is 0 Å². The van der Waals surface area contributed by atoms with Crippen LogP contribution in [0.5, 0.6) is 0 Å². The van der Waals surface area contributed by atoms with Gasteiger partial charge in [0.05, 0.1) is 0 Å². The van der Waals surface area contributed by atoms with Crippen molar-refractivity contribution in [3.05, 3.63) is 64.7 Å². The van der Waals surface area contributed by atoms with E-state index in [1.54, 1.807) is 16.7 Å². The number of ether oxygens (including phenoxy) is 1. The molecule has 0 radical (unpaired) electrons. The van der Waals surface area contributed by atoms with Crippen molar-refractivity contribution in [3.63, 3.8) is 0 Å². The lowest BCUT2D eigenvalue weighted by Gasteiger charge is -2.32. The van der Waals surface area contributed by atoms with Crippen LogP contribution in [0.1, 0.15) is 54.4 Å². The molecule has 186 valence electrons. The van der Waals surface area contributed by atoms with E-state index in [1.807, 2.05) is 36.6 Å². The maximum absolute atomic E-state index is 12.7. The minimum absolute atomic E-state index is 0.126. The van der Waals surface area contributed by atoms with E-state index in [1.165, 1.54) is 5.56 Å². The van der Waals surface area contributed by atoms with Crippen LogP contribution < -0.4 is 0 Å². The predicted octanol–water partition coefficient (Wildman–Crippen LogP) is 5.29. The average molecular weight is 496 g/mol. The third-order valence-electron chi connectivity index (χ3n) is 7.00. The second-order valence-electron chi connectivity index (χ2n) is 9.64. The van der Waals surface area contributed by atoms with Gasteiger partial charge in [0.2, 0.25) is 0 Å². The molecule has 0 atom stereocenters. The van der Waals surface area contributed by atoms with Crippen molar-refractivity contribution in [2.75, 3.05) is 12.8 Å². The topological polar surface area (TPSA) is 83.9 Å². The van der Waals surface area contributed by atoms with E-state index in [-0.39, 0.29) is 30.3 Å². The summed E-state index contributed by atoms with van der Waals surface area (Å²) < 4.78 is 5.74. The van der Waals surface area contributed by atoms with Gasteiger partial charge in [-0.2, -0.15) is 0 Å². The fraction of sp³-hybridized carbons (Fsp3) is 0.464. The SMILES string of the molecule is CSc1cccc(CC(=O)Cc2ccc3c(c2)CCN(C(=O)OC2CCC(CC(=O)O)CC2)C3)c1. The molecule has 35 heavy (non-hydrogen) atoms. The standard InChI is InChI=1S/C28H33NO5S/c1-35-26-4-2-3-20(16-26)14-24(30)15-21-5-8-23-18-29(12-11-22(23)13-21)28(33)34-25-9-6-19(7-10-25)17-27(31)32/h2-5,8,13,16,19,25H,6-7,9-12,14-15,17-18H2,1H3,(H,31,32). The highest BCUT2D eigenvalue weighted by Gasteiger charge is 2.28. The van der Waals surface area contributed by atoms with E-state index in [9.17, 15) is 14.4 Å². The van der Waals surface area contributed by atoms with Crippen LogP contribution in [0.4, 0.5) is 4.79 Å². The zero-order valence-electron chi connectivity index (χ0n) is 20.2. The molecule has 1 aliphatic carbocycles.